The Kier molecular flexibility index (Phi) is 3.80. The number of fused-ring (bicyclic) bond motifs is 1. The van der Waals surface area contributed by atoms with Gasteiger partial charge in [-0.05, 0) is 19.1 Å². The number of amides is 2. The van der Waals surface area contributed by atoms with Crippen molar-refractivity contribution in [2.75, 3.05) is 5.32 Å². The quantitative estimate of drug-likeness (QED) is 0.756. The van der Waals surface area contributed by atoms with E-state index in [0.29, 0.717) is 0 Å². The standard InChI is InChI=1S/C15H16N6O2/c1-10-4-3-5-12-18-11(9-21(10)12)8-17-15(23)19-13-14(22)20(2)7-6-16-13/h3-7,9H,8H2,1-2H3,(H2,16,17,19,23). The fourth-order valence-corrected chi connectivity index (χ4v) is 2.19. The number of carbonyl (C=O) groups excluding carboxylic acids is 1. The molecule has 3 heterocycles. The largest absolute Gasteiger partial charge is 0.332 e. The maximum atomic E-state index is 11.9. The normalized spacial score (nSPS) is 10.7. The van der Waals surface area contributed by atoms with Gasteiger partial charge in [0, 0.05) is 31.3 Å². The Bertz CT molecular complexity index is 927. The van der Waals surface area contributed by atoms with Crippen molar-refractivity contribution >= 4 is 17.5 Å². The number of carbonyl (C=O) groups is 1. The van der Waals surface area contributed by atoms with Crippen molar-refractivity contribution in [2.45, 2.75) is 13.5 Å². The van der Waals surface area contributed by atoms with Crippen LogP contribution in [-0.2, 0) is 13.6 Å². The number of hydrogen-bond donors (Lipinski definition) is 2. The predicted molar refractivity (Wildman–Crippen MR) is 85.3 cm³/mol. The van der Waals surface area contributed by atoms with E-state index in [0.717, 1.165) is 17.0 Å². The Morgan fingerprint density at radius 2 is 2.17 bits per heavy atom. The van der Waals surface area contributed by atoms with Gasteiger partial charge in [0.05, 0.1) is 12.2 Å². The number of anilines is 1. The van der Waals surface area contributed by atoms with Gasteiger partial charge in [-0.2, -0.15) is 0 Å². The second kappa shape index (κ2) is 5.91. The Morgan fingerprint density at radius 3 is 2.96 bits per heavy atom. The van der Waals surface area contributed by atoms with Gasteiger partial charge in [-0.3, -0.25) is 10.1 Å². The lowest BCUT2D eigenvalue weighted by Gasteiger charge is -2.05. The molecular weight excluding hydrogens is 296 g/mol. The summed E-state index contributed by atoms with van der Waals surface area (Å²) in [5.41, 5.74) is 2.23. The van der Waals surface area contributed by atoms with E-state index >= 15 is 0 Å². The highest BCUT2D eigenvalue weighted by molar-refractivity contribution is 5.87. The van der Waals surface area contributed by atoms with Crippen molar-refractivity contribution in [1.82, 2.24) is 24.3 Å². The SMILES string of the molecule is Cc1cccc2nc(CNC(=O)Nc3nccn(C)c3=O)cn12. The third-order valence-electron chi connectivity index (χ3n) is 3.42. The van der Waals surface area contributed by atoms with Crippen LogP contribution in [-0.4, -0.2) is 25.0 Å². The van der Waals surface area contributed by atoms with E-state index in [1.165, 1.54) is 17.0 Å². The molecule has 0 fully saturated rings. The second-order valence-electron chi connectivity index (χ2n) is 5.13. The number of pyridine rings is 1. The molecule has 3 rings (SSSR count). The van der Waals surface area contributed by atoms with Crippen LogP contribution in [0.25, 0.3) is 5.65 Å². The number of imidazole rings is 1. The summed E-state index contributed by atoms with van der Waals surface area (Å²) >= 11 is 0. The first-order chi connectivity index (χ1) is 11.0. The Hall–Kier alpha value is -3.16. The zero-order valence-electron chi connectivity index (χ0n) is 12.8. The molecule has 0 bridgehead atoms. The van der Waals surface area contributed by atoms with Gasteiger partial charge in [0.25, 0.3) is 5.56 Å². The minimum atomic E-state index is -0.505. The Balaban J connectivity index is 1.67. The van der Waals surface area contributed by atoms with Crippen LogP contribution in [0.2, 0.25) is 0 Å². The molecule has 0 spiro atoms. The lowest BCUT2D eigenvalue weighted by Crippen LogP contribution is -2.32. The van der Waals surface area contributed by atoms with E-state index in [9.17, 15) is 9.59 Å². The zero-order valence-corrected chi connectivity index (χ0v) is 12.8. The van der Waals surface area contributed by atoms with Crippen molar-refractivity contribution in [1.29, 1.82) is 0 Å². The third kappa shape index (κ3) is 3.05. The number of nitrogens with zero attached hydrogens (tertiary/aromatic N) is 4. The van der Waals surface area contributed by atoms with Gasteiger partial charge < -0.3 is 14.3 Å². The number of aromatic nitrogens is 4. The molecule has 2 amide bonds. The summed E-state index contributed by atoms with van der Waals surface area (Å²) < 4.78 is 3.29. The lowest BCUT2D eigenvalue weighted by molar-refractivity contribution is 0.251. The minimum Gasteiger partial charge on any atom is -0.332 e. The zero-order chi connectivity index (χ0) is 16.4. The molecule has 0 atom stereocenters. The van der Waals surface area contributed by atoms with Crippen molar-refractivity contribution in [3.8, 4) is 0 Å². The molecule has 23 heavy (non-hydrogen) atoms. The van der Waals surface area contributed by atoms with Gasteiger partial charge in [0.15, 0.2) is 0 Å². The van der Waals surface area contributed by atoms with Crippen molar-refractivity contribution < 1.29 is 4.79 Å². The number of hydrogen-bond acceptors (Lipinski definition) is 4. The summed E-state index contributed by atoms with van der Waals surface area (Å²) in [5, 5.41) is 5.10. The van der Waals surface area contributed by atoms with E-state index in [-0.39, 0.29) is 17.9 Å². The Morgan fingerprint density at radius 1 is 1.35 bits per heavy atom. The van der Waals surface area contributed by atoms with Crippen LogP contribution in [0.15, 0.2) is 41.6 Å². The van der Waals surface area contributed by atoms with E-state index in [1.807, 2.05) is 35.7 Å². The highest BCUT2D eigenvalue weighted by Crippen LogP contribution is 2.08. The van der Waals surface area contributed by atoms with Gasteiger partial charge in [0.1, 0.15) is 5.65 Å². The molecule has 0 saturated carbocycles. The van der Waals surface area contributed by atoms with E-state index in [1.54, 1.807) is 7.05 Å². The number of nitrogens with one attached hydrogen (secondary N) is 2. The van der Waals surface area contributed by atoms with Gasteiger partial charge in [-0.15, -0.1) is 0 Å². The number of urea groups is 1. The number of rotatable bonds is 3. The van der Waals surface area contributed by atoms with Crippen LogP contribution in [0.3, 0.4) is 0 Å². The first-order valence-corrected chi connectivity index (χ1v) is 7.04. The van der Waals surface area contributed by atoms with Crippen LogP contribution in [0.4, 0.5) is 10.6 Å². The van der Waals surface area contributed by atoms with Crippen LogP contribution >= 0.6 is 0 Å². The highest BCUT2D eigenvalue weighted by atomic mass is 16.2. The van der Waals surface area contributed by atoms with Gasteiger partial charge in [-0.1, -0.05) is 6.07 Å². The molecule has 3 aromatic heterocycles. The van der Waals surface area contributed by atoms with E-state index in [2.05, 4.69) is 20.6 Å². The first-order valence-electron chi connectivity index (χ1n) is 7.04. The molecule has 0 aliphatic carbocycles. The maximum Gasteiger partial charge on any atom is 0.320 e. The van der Waals surface area contributed by atoms with Crippen LogP contribution in [0, 0.1) is 6.92 Å². The lowest BCUT2D eigenvalue weighted by atomic mass is 10.4. The maximum absolute atomic E-state index is 11.9. The second-order valence-corrected chi connectivity index (χ2v) is 5.13. The number of aryl methyl sites for hydroxylation is 2. The molecule has 0 aliphatic heterocycles. The Labute approximate surface area is 131 Å². The van der Waals surface area contributed by atoms with Gasteiger partial charge in [0.2, 0.25) is 5.82 Å². The fraction of sp³-hybridized carbons (Fsp3) is 0.200. The molecular formula is C15H16N6O2. The van der Waals surface area contributed by atoms with Crippen LogP contribution < -0.4 is 16.2 Å². The van der Waals surface area contributed by atoms with Crippen molar-refractivity contribution in [3.05, 3.63) is 58.5 Å². The summed E-state index contributed by atoms with van der Waals surface area (Å²) in [4.78, 5) is 31.9. The predicted octanol–water partition coefficient (Wildman–Crippen LogP) is 1.06. The molecule has 8 heteroatoms. The topological polar surface area (TPSA) is 93.3 Å². The third-order valence-corrected chi connectivity index (χ3v) is 3.42. The van der Waals surface area contributed by atoms with E-state index in [4.69, 9.17) is 0 Å². The smallest absolute Gasteiger partial charge is 0.320 e. The first kappa shape index (κ1) is 14.8. The molecule has 0 radical (unpaired) electrons. The molecule has 0 saturated heterocycles. The molecule has 118 valence electrons. The summed E-state index contributed by atoms with van der Waals surface area (Å²) in [7, 11) is 1.59. The molecule has 0 aromatic carbocycles. The van der Waals surface area contributed by atoms with Gasteiger partial charge >= 0.3 is 6.03 Å². The monoisotopic (exact) mass is 312 g/mol. The summed E-state index contributed by atoms with van der Waals surface area (Å²) in [6.07, 6.45) is 4.83. The minimum absolute atomic E-state index is 0.0154. The van der Waals surface area contributed by atoms with Gasteiger partial charge in [-0.25, -0.2) is 14.8 Å². The molecule has 3 aromatic rings. The van der Waals surface area contributed by atoms with E-state index < -0.39 is 6.03 Å². The van der Waals surface area contributed by atoms with Crippen molar-refractivity contribution in [2.24, 2.45) is 7.05 Å². The summed E-state index contributed by atoms with van der Waals surface area (Å²) in [5.74, 6) is -0.0154. The molecule has 8 nitrogen and oxygen atoms in total. The van der Waals surface area contributed by atoms with Crippen molar-refractivity contribution in [3.63, 3.8) is 0 Å². The molecule has 0 aliphatic rings. The summed E-state index contributed by atoms with van der Waals surface area (Å²) in [6, 6.07) is 5.30. The molecule has 2 N–H and O–H groups in total. The molecule has 0 unspecified atom stereocenters. The average Bonchev–Trinajstić information content (AvgIpc) is 2.94. The highest BCUT2D eigenvalue weighted by Gasteiger charge is 2.09. The fourth-order valence-electron chi connectivity index (χ4n) is 2.19. The van der Waals surface area contributed by atoms with Crippen LogP contribution in [0.1, 0.15) is 11.4 Å². The average molecular weight is 312 g/mol. The summed E-state index contributed by atoms with van der Waals surface area (Å²) in [6.45, 7) is 2.23. The van der Waals surface area contributed by atoms with Crippen LogP contribution in [0.5, 0.6) is 0 Å².